The zero-order valence-electron chi connectivity index (χ0n) is 18.3. The maximum absolute atomic E-state index is 12.2. The molecule has 2 amide bonds. The monoisotopic (exact) mass is 457 g/mol. The molecule has 0 aliphatic carbocycles. The van der Waals surface area contributed by atoms with Crippen molar-refractivity contribution < 1.29 is 23.8 Å². The highest BCUT2D eigenvalue weighted by atomic mass is 16.6. The van der Waals surface area contributed by atoms with E-state index in [1.165, 1.54) is 11.6 Å². The van der Waals surface area contributed by atoms with E-state index in [9.17, 15) is 19.7 Å². The molecule has 0 radical (unpaired) electrons. The number of nitrogens with zero attached hydrogens (tertiary/aromatic N) is 5. The normalized spacial score (nSPS) is 10.6. The van der Waals surface area contributed by atoms with Gasteiger partial charge >= 0.3 is 17.5 Å². The minimum Gasteiger partial charge on any atom is -0.484 e. The van der Waals surface area contributed by atoms with E-state index in [0.717, 1.165) is 5.56 Å². The number of rotatable bonds is 10. The van der Waals surface area contributed by atoms with Crippen LogP contribution in [0.25, 0.3) is 0 Å². The molecular formula is C20H23N7O6. The lowest BCUT2D eigenvalue weighted by Gasteiger charge is -2.09. The molecule has 0 aliphatic heterocycles. The van der Waals surface area contributed by atoms with Gasteiger partial charge in [0.05, 0.1) is 4.92 Å². The van der Waals surface area contributed by atoms with E-state index in [-0.39, 0.29) is 55.2 Å². The molecule has 0 atom stereocenters. The number of carbonyl (C=O) groups excluding carboxylic acids is 2. The third kappa shape index (κ3) is 5.90. The second-order valence-electron chi connectivity index (χ2n) is 7.11. The van der Waals surface area contributed by atoms with Crippen molar-refractivity contribution in [1.82, 2.24) is 30.6 Å². The van der Waals surface area contributed by atoms with Gasteiger partial charge in [0.2, 0.25) is 0 Å². The van der Waals surface area contributed by atoms with Crippen LogP contribution in [-0.2, 0) is 11.3 Å². The van der Waals surface area contributed by atoms with Gasteiger partial charge in [-0.05, 0) is 32.4 Å². The number of ether oxygens (including phenoxy) is 1. The minimum absolute atomic E-state index is 0.00817. The number of nitrogens with one attached hydrogen (secondary N) is 2. The van der Waals surface area contributed by atoms with Gasteiger partial charge in [0.25, 0.3) is 5.91 Å². The van der Waals surface area contributed by atoms with Gasteiger partial charge in [0.15, 0.2) is 12.4 Å². The van der Waals surface area contributed by atoms with Crippen molar-refractivity contribution in [2.45, 2.75) is 27.3 Å². The number of benzene rings is 1. The molecule has 3 aromatic rings. The summed E-state index contributed by atoms with van der Waals surface area (Å²) in [6, 6.07) is 7.35. The standard InChI is InChI=1S/C20H23N7O6/c1-12-6-4-5-7-15(12)32-11-17(28)21-8-9-22-19(29)20-23-16(25-33-20)10-26-14(3)18(27(30)31)13(2)24-26/h4-7H,8-11H2,1-3H3,(H,21,28)(H,22,29). The van der Waals surface area contributed by atoms with E-state index in [2.05, 4.69) is 25.9 Å². The largest absolute Gasteiger partial charge is 0.484 e. The van der Waals surface area contributed by atoms with Gasteiger partial charge in [-0.15, -0.1) is 0 Å². The summed E-state index contributed by atoms with van der Waals surface area (Å²) in [7, 11) is 0. The highest BCUT2D eigenvalue weighted by Gasteiger charge is 2.23. The number of nitro groups is 1. The molecule has 3 rings (SSSR count). The van der Waals surface area contributed by atoms with E-state index < -0.39 is 10.8 Å². The maximum atomic E-state index is 12.2. The molecule has 1 aromatic carbocycles. The number of carbonyl (C=O) groups is 2. The smallest absolute Gasteiger partial charge is 0.316 e. The molecule has 2 heterocycles. The van der Waals surface area contributed by atoms with Gasteiger partial charge in [0, 0.05) is 13.1 Å². The van der Waals surface area contributed by atoms with Crippen LogP contribution in [0.5, 0.6) is 5.75 Å². The molecule has 0 bridgehead atoms. The van der Waals surface area contributed by atoms with Crippen molar-refractivity contribution in [1.29, 1.82) is 0 Å². The number of hydrogen-bond donors (Lipinski definition) is 2. The summed E-state index contributed by atoms with van der Waals surface area (Å²) in [6.07, 6.45) is 0. The van der Waals surface area contributed by atoms with E-state index in [0.29, 0.717) is 11.4 Å². The third-order valence-corrected chi connectivity index (χ3v) is 4.66. The number of amides is 2. The Morgan fingerprint density at radius 1 is 1.18 bits per heavy atom. The predicted molar refractivity (Wildman–Crippen MR) is 114 cm³/mol. The van der Waals surface area contributed by atoms with E-state index >= 15 is 0 Å². The molecule has 0 saturated carbocycles. The van der Waals surface area contributed by atoms with Gasteiger partial charge in [-0.1, -0.05) is 23.4 Å². The molecule has 0 saturated heterocycles. The van der Waals surface area contributed by atoms with Crippen molar-refractivity contribution >= 4 is 17.5 Å². The summed E-state index contributed by atoms with van der Waals surface area (Å²) < 4.78 is 11.8. The summed E-state index contributed by atoms with van der Waals surface area (Å²) in [4.78, 5) is 38.6. The van der Waals surface area contributed by atoms with Crippen molar-refractivity contribution in [3.8, 4) is 5.75 Å². The fourth-order valence-electron chi connectivity index (χ4n) is 3.02. The number of para-hydroxylation sites is 1. The quantitative estimate of drug-likeness (QED) is 0.257. The highest BCUT2D eigenvalue weighted by molar-refractivity contribution is 5.89. The molecule has 13 nitrogen and oxygen atoms in total. The first-order chi connectivity index (χ1) is 15.8. The maximum Gasteiger partial charge on any atom is 0.316 e. The summed E-state index contributed by atoms with van der Waals surface area (Å²) in [5.74, 6) is -0.439. The van der Waals surface area contributed by atoms with E-state index in [1.807, 2.05) is 25.1 Å². The van der Waals surface area contributed by atoms with Crippen LogP contribution >= 0.6 is 0 Å². The average molecular weight is 457 g/mol. The van der Waals surface area contributed by atoms with Crippen LogP contribution in [0.4, 0.5) is 5.69 Å². The fraction of sp³-hybridized carbons (Fsp3) is 0.350. The topological polar surface area (TPSA) is 167 Å². The Hall–Kier alpha value is -4.29. The Balaban J connectivity index is 1.43. The molecular weight excluding hydrogens is 434 g/mol. The van der Waals surface area contributed by atoms with Crippen LogP contribution in [0.1, 0.15) is 33.5 Å². The SMILES string of the molecule is Cc1ccccc1OCC(=O)NCCNC(=O)c1nc(Cn2nc(C)c([N+](=O)[O-])c2C)no1. The molecule has 33 heavy (non-hydrogen) atoms. The lowest BCUT2D eigenvalue weighted by molar-refractivity contribution is -0.386. The Morgan fingerprint density at radius 3 is 2.61 bits per heavy atom. The molecule has 0 fully saturated rings. The molecule has 0 aliphatic rings. The Labute approximate surface area is 188 Å². The average Bonchev–Trinajstić information content (AvgIpc) is 3.34. The van der Waals surface area contributed by atoms with Crippen molar-refractivity contribution in [2.75, 3.05) is 19.7 Å². The van der Waals surface area contributed by atoms with Gasteiger partial charge < -0.3 is 19.9 Å². The Kier molecular flexibility index (Phi) is 7.33. The van der Waals surface area contributed by atoms with Crippen molar-refractivity contribution in [3.05, 3.63) is 63.0 Å². The zero-order valence-corrected chi connectivity index (χ0v) is 18.3. The van der Waals surface area contributed by atoms with Gasteiger partial charge in [-0.2, -0.15) is 10.1 Å². The molecule has 174 valence electrons. The summed E-state index contributed by atoms with van der Waals surface area (Å²) in [6.45, 7) is 5.16. The van der Waals surface area contributed by atoms with Gasteiger partial charge in [-0.3, -0.25) is 24.4 Å². The van der Waals surface area contributed by atoms with Crippen LogP contribution in [0.15, 0.2) is 28.8 Å². The van der Waals surface area contributed by atoms with Crippen LogP contribution < -0.4 is 15.4 Å². The number of hydrogen-bond acceptors (Lipinski definition) is 9. The first-order valence-corrected chi connectivity index (χ1v) is 10.0. The number of aromatic nitrogens is 4. The first-order valence-electron chi connectivity index (χ1n) is 10.0. The third-order valence-electron chi connectivity index (χ3n) is 4.66. The molecule has 0 spiro atoms. The first kappa shape index (κ1) is 23.4. The lowest BCUT2D eigenvalue weighted by atomic mass is 10.2. The van der Waals surface area contributed by atoms with Gasteiger partial charge in [0.1, 0.15) is 23.7 Å². The Bertz CT molecular complexity index is 1170. The fourth-order valence-corrected chi connectivity index (χ4v) is 3.02. The van der Waals surface area contributed by atoms with Gasteiger partial charge in [-0.25, -0.2) is 0 Å². The molecule has 13 heteroatoms. The second-order valence-corrected chi connectivity index (χ2v) is 7.11. The van der Waals surface area contributed by atoms with Crippen LogP contribution in [-0.4, -0.2) is 56.4 Å². The van der Waals surface area contributed by atoms with Crippen molar-refractivity contribution in [2.24, 2.45) is 0 Å². The lowest BCUT2D eigenvalue weighted by Crippen LogP contribution is -2.36. The molecule has 2 aromatic heterocycles. The summed E-state index contributed by atoms with van der Waals surface area (Å²) in [5, 5.41) is 24.1. The van der Waals surface area contributed by atoms with Crippen molar-refractivity contribution in [3.63, 3.8) is 0 Å². The summed E-state index contributed by atoms with van der Waals surface area (Å²) in [5.41, 5.74) is 1.45. The van der Waals surface area contributed by atoms with Crippen LogP contribution in [0, 0.1) is 30.9 Å². The second kappa shape index (κ2) is 10.3. The zero-order chi connectivity index (χ0) is 24.0. The summed E-state index contributed by atoms with van der Waals surface area (Å²) >= 11 is 0. The molecule has 0 unspecified atom stereocenters. The number of aryl methyl sites for hydroxylation is 2. The predicted octanol–water partition coefficient (Wildman–Crippen LogP) is 1.07. The highest BCUT2D eigenvalue weighted by Crippen LogP contribution is 2.22. The molecule has 2 N–H and O–H groups in total. The van der Waals surface area contributed by atoms with Crippen LogP contribution in [0.3, 0.4) is 0 Å². The minimum atomic E-state index is -0.612. The Morgan fingerprint density at radius 2 is 1.91 bits per heavy atom. The van der Waals surface area contributed by atoms with Crippen LogP contribution in [0.2, 0.25) is 0 Å². The van der Waals surface area contributed by atoms with E-state index in [4.69, 9.17) is 9.26 Å². The van der Waals surface area contributed by atoms with E-state index in [1.54, 1.807) is 13.0 Å².